The number of unbranched alkanes of at least 4 members (excludes halogenated alkanes) is 2. The highest BCUT2D eigenvalue weighted by atomic mass is 14.5. The molecule has 0 amide bonds. The SMILES string of the molecule is [B]/C=C(\C)CCC/C=C/CCCC1CC1c1ccc2c(c1)C(C)(C)CCC2(C)C. The highest BCUT2D eigenvalue weighted by Crippen LogP contribution is 2.53. The summed E-state index contributed by atoms with van der Waals surface area (Å²) in [6.07, 6.45) is 16.2. The van der Waals surface area contributed by atoms with Crippen molar-refractivity contribution in [1.82, 2.24) is 0 Å². The molecule has 0 saturated heterocycles. The smallest absolute Gasteiger partial charge is 0.102 e. The summed E-state index contributed by atoms with van der Waals surface area (Å²) >= 11 is 0. The quantitative estimate of drug-likeness (QED) is 0.228. The van der Waals surface area contributed by atoms with Crippen molar-refractivity contribution in [2.24, 2.45) is 5.92 Å². The summed E-state index contributed by atoms with van der Waals surface area (Å²) in [6, 6.07) is 7.49. The molecule has 0 heterocycles. The van der Waals surface area contributed by atoms with Gasteiger partial charge in [0.05, 0.1) is 0 Å². The molecular formula is C28H41B. The van der Waals surface area contributed by atoms with Gasteiger partial charge >= 0.3 is 0 Å². The van der Waals surface area contributed by atoms with Crippen LogP contribution in [0.2, 0.25) is 0 Å². The highest BCUT2D eigenvalue weighted by molar-refractivity contribution is 6.17. The van der Waals surface area contributed by atoms with Crippen LogP contribution >= 0.6 is 0 Å². The van der Waals surface area contributed by atoms with Crippen LogP contribution in [0.4, 0.5) is 0 Å². The highest BCUT2D eigenvalue weighted by Gasteiger charge is 2.41. The summed E-state index contributed by atoms with van der Waals surface area (Å²) in [5.41, 5.74) is 6.79. The maximum absolute atomic E-state index is 5.52. The Labute approximate surface area is 181 Å². The summed E-state index contributed by atoms with van der Waals surface area (Å²) in [5, 5.41) is 0. The lowest BCUT2D eigenvalue weighted by molar-refractivity contribution is 0.331. The van der Waals surface area contributed by atoms with Gasteiger partial charge < -0.3 is 0 Å². The van der Waals surface area contributed by atoms with Crippen molar-refractivity contribution in [1.29, 1.82) is 0 Å². The van der Waals surface area contributed by atoms with Gasteiger partial charge in [-0.2, -0.15) is 0 Å². The van der Waals surface area contributed by atoms with Crippen LogP contribution < -0.4 is 0 Å². The van der Waals surface area contributed by atoms with E-state index in [-0.39, 0.29) is 0 Å². The summed E-state index contributed by atoms with van der Waals surface area (Å²) in [7, 11) is 5.52. The first-order chi connectivity index (χ1) is 13.7. The molecule has 2 radical (unpaired) electrons. The maximum Gasteiger partial charge on any atom is 0.102 e. The van der Waals surface area contributed by atoms with Gasteiger partial charge in [-0.05, 0) is 104 Å². The second-order valence-electron chi connectivity index (χ2n) is 11.0. The summed E-state index contributed by atoms with van der Waals surface area (Å²) < 4.78 is 0. The van der Waals surface area contributed by atoms with Gasteiger partial charge in [0.25, 0.3) is 0 Å². The topological polar surface area (TPSA) is 0 Å². The Bertz CT molecular complexity index is 750. The van der Waals surface area contributed by atoms with Gasteiger partial charge in [-0.25, -0.2) is 0 Å². The second-order valence-corrected chi connectivity index (χ2v) is 11.0. The number of fused-ring (bicyclic) bond motifs is 1. The molecule has 1 fully saturated rings. The summed E-state index contributed by atoms with van der Waals surface area (Å²) in [4.78, 5) is 0. The molecule has 0 bridgehead atoms. The molecule has 3 rings (SSSR count). The molecule has 2 unspecified atom stereocenters. The number of allylic oxidation sites excluding steroid dienone is 3. The molecule has 0 N–H and O–H groups in total. The van der Waals surface area contributed by atoms with Crippen molar-refractivity contribution in [2.75, 3.05) is 0 Å². The van der Waals surface area contributed by atoms with E-state index in [2.05, 4.69) is 65.0 Å². The van der Waals surface area contributed by atoms with Crippen LogP contribution in [-0.4, -0.2) is 7.85 Å². The zero-order valence-corrected chi connectivity index (χ0v) is 19.6. The van der Waals surface area contributed by atoms with Gasteiger partial charge in [0.2, 0.25) is 0 Å². The second kappa shape index (κ2) is 9.28. The van der Waals surface area contributed by atoms with E-state index in [1.165, 1.54) is 56.9 Å². The molecule has 0 aromatic heterocycles. The monoisotopic (exact) mass is 388 g/mol. The average molecular weight is 388 g/mol. The minimum absolute atomic E-state index is 0.328. The summed E-state index contributed by atoms with van der Waals surface area (Å²) in [6.45, 7) is 11.8. The Morgan fingerprint density at radius 1 is 1.00 bits per heavy atom. The zero-order valence-electron chi connectivity index (χ0n) is 19.6. The molecule has 2 atom stereocenters. The lowest BCUT2D eigenvalue weighted by Crippen LogP contribution is -2.33. The van der Waals surface area contributed by atoms with E-state index in [1.807, 2.05) is 0 Å². The predicted molar refractivity (Wildman–Crippen MR) is 129 cm³/mol. The Balaban J connectivity index is 1.45. The minimum Gasteiger partial charge on any atom is -0.133 e. The number of benzene rings is 1. The van der Waals surface area contributed by atoms with E-state index in [1.54, 1.807) is 22.7 Å². The van der Waals surface area contributed by atoms with Crippen LogP contribution in [0.25, 0.3) is 0 Å². The van der Waals surface area contributed by atoms with E-state index in [0.29, 0.717) is 10.8 Å². The largest absolute Gasteiger partial charge is 0.133 e. The fourth-order valence-corrected chi connectivity index (χ4v) is 5.13. The molecule has 0 spiro atoms. The summed E-state index contributed by atoms with van der Waals surface area (Å²) in [5.74, 6) is 3.47. The first-order valence-corrected chi connectivity index (χ1v) is 11.9. The third-order valence-corrected chi connectivity index (χ3v) is 7.57. The van der Waals surface area contributed by atoms with Gasteiger partial charge in [0.1, 0.15) is 7.85 Å². The fraction of sp³-hybridized carbons (Fsp3) is 0.643. The van der Waals surface area contributed by atoms with Crippen LogP contribution in [0.5, 0.6) is 0 Å². The molecule has 2 aliphatic carbocycles. The van der Waals surface area contributed by atoms with Crippen molar-refractivity contribution in [3.05, 3.63) is 58.6 Å². The molecule has 1 aromatic carbocycles. The molecular weight excluding hydrogens is 347 g/mol. The first kappa shape index (κ1) is 22.5. The average Bonchev–Trinajstić information content (AvgIpc) is 3.46. The van der Waals surface area contributed by atoms with Crippen molar-refractivity contribution in [2.45, 2.75) is 109 Å². The van der Waals surface area contributed by atoms with E-state index in [0.717, 1.165) is 18.3 Å². The Morgan fingerprint density at radius 3 is 2.34 bits per heavy atom. The van der Waals surface area contributed by atoms with Gasteiger partial charge in [0.15, 0.2) is 0 Å². The Kier molecular flexibility index (Phi) is 7.18. The zero-order chi connectivity index (χ0) is 21.1. The molecule has 0 nitrogen and oxygen atoms in total. The molecule has 1 saturated carbocycles. The van der Waals surface area contributed by atoms with Gasteiger partial charge in [-0.3, -0.25) is 0 Å². The van der Waals surface area contributed by atoms with Crippen molar-refractivity contribution < 1.29 is 0 Å². The minimum atomic E-state index is 0.328. The first-order valence-electron chi connectivity index (χ1n) is 11.9. The fourth-order valence-electron chi connectivity index (χ4n) is 5.13. The van der Waals surface area contributed by atoms with Crippen LogP contribution in [0, 0.1) is 5.92 Å². The predicted octanol–water partition coefficient (Wildman–Crippen LogP) is 8.11. The van der Waals surface area contributed by atoms with Gasteiger partial charge in [0, 0.05) is 0 Å². The maximum atomic E-state index is 5.52. The van der Waals surface area contributed by atoms with Crippen LogP contribution in [0.1, 0.15) is 115 Å². The lowest BCUT2D eigenvalue weighted by Gasteiger charge is -2.42. The Morgan fingerprint density at radius 2 is 1.66 bits per heavy atom. The van der Waals surface area contributed by atoms with E-state index in [9.17, 15) is 0 Å². The lowest BCUT2D eigenvalue weighted by atomic mass is 9.63. The van der Waals surface area contributed by atoms with E-state index >= 15 is 0 Å². The number of hydrogen-bond acceptors (Lipinski definition) is 0. The number of hydrogen-bond donors (Lipinski definition) is 0. The normalized spacial score (nSPS) is 25.2. The van der Waals surface area contributed by atoms with Crippen LogP contribution in [-0.2, 0) is 10.8 Å². The van der Waals surface area contributed by atoms with Gasteiger partial charge in [-0.1, -0.05) is 63.6 Å². The van der Waals surface area contributed by atoms with Crippen molar-refractivity contribution >= 4 is 7.85 Å². The molecule has 29 heavy (non-hydrogen) atoms. The third kappa shape index (κ3) is 5.68. The molecule has 1 aromatic rings. The van der Waals surface area contributed by atoms with E-state index < -0.39 is 0 Å². The molecule has 1 heteroatoms. The van der Waals surface area contributed by atoms with Crippen molar-refractivity contribution in [3.63, 3.8) is 0 Å². The van der Waals surface area contributed by atoms with Gasteiger partial charge in [-0.15, -0.1) is 5.98 Å². The standard InChI is InChI=1S/C28H41B/c1-21(20-29)12-10-8-6-7-9-11-13-22-18-24(22)23-14-15-25-26(19-23)28(4,5)17-16-27(25,2)3/h6-7,14-15,19-20,22,24H,8-13,16-18H2,1-5H3/b7-6+,21-20+. The molecule has 2 aliphatic rings. The van der Waals surface area contributed by atoms with Crippen molar-refractivity contribution in [3.8, 4) is 0 Å². The Hall–Kier alpha value is -1.24. The number of rotatable bonds is 9. The van der Waals surface area contributed by atoms with E-state index in [4.69, 9.17) is 7.85 Å². The van der Waals surface area contributed by atoms with Crippen LogP contribution in [0.15, 0.2) is 41.9 Å². The molecule has 0 aliphatic heterocycles. The van der Waals surface area contributed by atoms with Crippen LogP contribution in [0.3, 0.4) is 0 Å². The third-order valence-electron chi connectivity index (χ3n) is 7.57. The molecule has 156 valence electrons.